The zero-order valence-electron chi connectivity index (χ0n) is 10.7. The summed E-state index contributed by atoms with van der Waals surface area (Å²) in [5.74, 6) is -1.40. The van der Waals surface area contributed by atoms with Gasteiger partial charge in [0, 0.05) is 6.61 Å². The Kier molecular flexibility index (Phi) is 4.51. The molecule has 1 heterocycles. The van der Waals surface area contributed by atoms with Crippen LogP contribution in [0.1, 0.15) is 40.0 Å². The number of carbonyl (C=O) groups excluding carboxylic acids is 1. The normalized spacial score (nSPS) is 27.5. The molecule has 0 radical (unpaired) electrons. The first-order chi connectivity index (χ1) is 7.90. The molecule has 0 bridgehead atoms. The van der Waals surface area contributed by atoms with Crippen molar-refractivity contribution in [3.63, 3.8) is 0 Å². The topological polar surface area (TPSA) is 75.6 Å². The molecule has 0 aromatic carbocycles. The molecule has 0 aromatic heterocycles. The van der Waals surface area contributed by atoms with Crippen molar-refractivity contribution in [2.45, 2.75) is 51.7 Å². The molecule has 3 atom stereocenters. The van der Waals surface area contributed by atoms with Crippen LogP contribution in [-0.2, 0) is 14.3 Å². The predicted molar refractivity (Wildman–Crippen MR) is 62.6 cm³/mol. The highest BCUT2D eigenvalue weighted by Crippen LogP contribution is 2.25. The molecule has 1 saturated heterocycles. The van der Waals surface area contributed by atoms with Crippen molar-refractivity contribution in [3.8, 4) is 0 Å². The molecule has 98 valence electrons. The van der Waals surface area contributed by atoms with E-state index in [2.05, 4.69) is 5.32 Å². The Morgan fingerprint density at radius 2 is 2.18 bits per heavy atom. The summed E-state index contributed by atoms with van der Waals surface area (Å²) in [6, 6.07) is -0.839. The van der Waals surface area contributed by atoms with Crippen LogP contribution in [0, 0.1) is 5.92 Å². The van der Waals surface area contributed by atoms with Gasteiger partial charge in [-0.1, -0.05) is 20.3 Å². The average molecular weight is 243 g/mol. The van der Waals surface area contributed by atoms with E-state index in [1.54, 1.807) is 6.92 Å². The van der Waals surface area contributed by atoms with E-state index in [9.17, 15) is 9.59 Å². The molecule has 0 aromatic rings. The number of amides is 1. The zero-order valence-corrected chi connectivity index (χ0v) is 10.7. The van der Waals surface area contributed by atoms with Gasteiger partial charge in [0.15, 0.2) is 0 Å². The van der Waals surface area contributed by atoms with Crippen molar-refractivity contribution >= 4 is 11.9 Å². The summed E-state index contributed by atoms with van der Waals surface area (Å²) in [6.45, 7) is 5.99. The second-order valence-corrected chi connectivity index (χ2v) is 4.86. The minimum Gasteiger partial charge on any atom is -0.480 e. The Morgan fingerprint density at radius 3 is 2.59 bits per heavy atom. The van der Waals surface area contributed by atoms with Crippen LogP contribution in [-0.4, -0.2) is 35.2 Å². The summed E-state index contributed by atoms with van der Waals surface area (Å²) < 4.78 is 5.39. The van der Waals surface area contributed by atoms with E-state index in [0.717, 1.165) is 6.42 Å². The van der Waals surface area contributed by atoms with Gasteiger partial charge in [-0.25, -0.2) is 4.79 Å². The third kappa shape index (κ3) is 3.19. The highest BCUT2D eigenvalue weighted by Gasteiger charge is 2.40. The Labute approximate surface area is 102 Å². The van der Waals surface area contributed by atoms with E-state index in [0.29, 0.717) is 19.4 Å². The van der Waals surface area contributed by atoms with Gasteiger partial charge in [0.2, 0.25) is 0 Å². The first-order valence-electron chi connectivity index (χ1n) is 6.08. The van der Waals surface area contributed by atoms with Gasteiger partial charge in [-0.2, -0.15) is 0 Å². The lowest BCUT2D eigenvalue weighted by Crippen LogP contribution is -2.52. The van der Waals surface area contributed by atoms with Crippen LogP contribution in [0.3, 0.4) is 0 Å². The van der Waals surface area contributed by atoms with E-state index in [1.807, 2.05) is 13.8 Å². The van der Waals surface area contributed by atoms with Gasteiger partial charge in [0.05, 0.1) is 0 Å². The minimum atomic E-state index is -0.991. The van der Waals surface area contributed by atoms with E-state index in [4.69, 9.17) is 9.84 Å². The molecular weight excluding hydrogens is 222 g/mol. The molecule has 17 heavy (non-hydrogen) atoms. The second-order valence-electron chi connectivity index (χ2n) is 4.86. The van der Waals surface area contributed by atoms with Crippen LogP contribution < -0.4 is 5.32 Å². The third-order valence-electron chi connectivity index (χ3n) is 3.46. The van der Waals surface area contributed by atoms with Crippen LogP contribution in [0.15, 0.2) is 0 Å². The molecule has 1 aliphatic rings. The fourth-order valence-corrected chi connectivity index (χ4v) is 1.94. The Bertz CT molecular complexity index is 297. The number of hydrogen-bond donors (Lipinski definition) is 2. The third-order valence-corrected chi connectivity index (χ3v) is 3.46. The molecular formula is C12H21NO4. The van der Waals surface area contributed by atoms with Crippen LogP contribution in [0.4, 0.5) is 0 Å². The Balaban J connectivity index is 2.67. The zero-order chi connectivity index (χ0) is 13.1. The maximum absolute atomic E-state index is 12.0. The molecule has 0 aliphatic carbocycles. The smallest absolute Gasteiger partial charge is 0.326 e. The molecule has 2 N–H and O–H groups in total. The fraction of sp³-hybridized carbons (Fsp3) is 0.833. The number of carbonyl (C=O) groups is 2. The van der Waals surface area contributed by atoms with Crippen LogP contribution >= 0.6 is 0 Å². The number of aliphatic carboxylic acids is 1. The SMILES string of the molecule is CC[C@H](C)[C@H](NC(=O)C1(C)CCCO1)C(=O)O. The van der Waals surface area contributed by atoms with E-state index in [1.165, 1.54) is 0 Å². The minimum absolute atomic E-state index is 0.0959. The number of hydrogen-bond acceptors (Lipinski definition) is 3. The molecule has 1 amide bonds. The number of carboxylic acid groups (broad SMARTS) is 1. The quantitative estimate of drug-likeness (QED) is 0.760. The number of ether oxygens (including phenoxy) is 1. The van der Waals surface area contributed by atoms with Crippen molar-refractivity contribution in [1.82, 2.24) is 5.32 Å². The highest BCUT2D eigenvalue weighted by molar-refractivity contribution is 5.89. The van der Waals surface area contributed by atoms with Crippen molar-refractivity contribution in [1.29, 1.82) is 0 Å². The second kappa shape index (κ2) is 5.49. The standard InChI is InChI=1S/C12H21NO4/c1-4-8(2)9(10(14)15)13-11(16)12(3)6-5-7-17-12/h8-9H,4-7H2,1-3H3,(H,13,16)(H,14,15)/t8-,9-,12?/m0/s1. The molecule has 5 heteroatoms. The lowest BCUT2D eigenvalue weighted by atomic mass is 9.96. The molecule has 5 nitrogen and oxygen atoms in total. The molecule has 0 saturated carbocycles. The molecule has 1 aliphatic heterocycles. The Hall–Kier alpha value is -1.10. The van der Waals surface area contributed by atoms with E-state index >= 15 is 0 Å². The summed E-state index contributed by atoms with van der Waals surface area (Å²) >= 11 is 0. The number of nitrogens with one attached hydrogen (secondary N) is 1. The largest absolute Gasteiger partial charge is 0.480 e. The number of carboxylic acids is 1. The Morgan fingerprint density at radius 1 is 1.53 bits per heavy atom. The van der Waals surface area contributed by atoms with Gasteiger partial charge in [-0.3, -0.25) is 4.79 Å². The highest BCUT2D eigenvalue weighted by atomic mass is 16.5. The van der Waals surface area contributed by atoms with Crippen LogP contribution in [0.25, 0.3) is 0 Å². The van der Waals surface area contributed by atoms with Crippen molar-refractivity contribution in [2.24, 2.45) is 5.92 Å². The summed E-state index contributed by atoms with van der Waals surface area (Å²) in [5, 5.41) is 11.7. The molecule has 1 unspecified atom stereocenters. The van der Waals surface area contributed by atoms with Gasteiger partial charge in [0.25, 0.3) is 5.91 Å². The summed E-state index contributed by atoms with van der Waals surface area (Å²) in [4.78, 5) is 23.1. The van der Waals surface area contributed by atoms with Crippen LogP contribution in [0.5, 0.6) is 0 Å². The molecule has 0 spiro atoms. The molecule has 1 fully saturated rings. The maximum Gasteiger partial charge on any atom is 0.326 e. The van der Waals surface area contributed by atoms with Gasteiger partial charge < -0.3 is 15.2 Å². The maximum atomic E-state index is 12.0. The average Bonchev–Trinajstić information content (AvgIpc) is 2.72. The monoisotopic (exact) mass is 243 g/mol. The van der Waals surface area contributed by atoms with Crippen molar-refractivity contribution in [2.75, 3.05) is 6.61 Å². The van der Waals surface area contributed by atoms with E-state index < -0.39 is 17.6 Å². The lowest BCUT2D eigenvalue weighted by molar-refractivity contribution is -0.148. The van der Waals surface area contributed by atoms with Gasteiger partial charge >= 0.3 is 5.97 Å². The summed E-state index contributed by atoms with van der Waals surface area (Å²) in [5.41, 5.74) is -0.860. The first-order valence-corrected chi connectivity index (χ1v) is 6.08. The van der Waals surface area contributed by atoms with Gasteiger partial charge in [-0.05, 0) is 25.7 Å². The van der Waals surface area contributed by atoms with Crippen molar-refractivity contribution in [3.05, 3.63) is 0 Å². The lowest BCUT2D eigenvalue weighted by Gasteiger charge is -2.27. The summed E-state index contributed by atoms with van der Waals surface area (Å²) in [7, 11) is 0. The van der Waals surface area contributed by atoms with Gasteiger partial charge in [0.1, 0.15) is 11.6 Å². The van der Waals surface area contributed by atoms with Crippen LogP contribution in [0.2, 0.25) is 0 Å². The predicted octanol–water partition coefficient (Wildman–Crippen LogP) is 1.17. The summed E-state index contributed by atoms with van der Waals surface area (Å²) in [6.07, 6.45) is 2.19. The molecule has 1 rings (SSSR count). The van der Waals surface area contributed by atoms with Crippen molar-refractivity contribution < 1.29 is 19.4 Å². The van der Waals surface area contributed by atoms with Gasteiger partial charge in [-0.15, -0.1) is 0 Å². The number of rotatable bonds is 5. The van der Waals surface area contributed by atoms with E-state index in [-0.39, 0.29) is 11.8 Å². The first kappa shape index (κ1) is 14.0. The fourth-order valence-electron chi connectivity index (χ4n) is 1.94.